The van der Waals surface area contributed by atoms with Gasteiger partial charge in [0.1, 0.15) is 60.0 Å². The highest BCUT2D eigenvalue weighted by molar-refractivity contribution is 5.71. The van der Waals surface area contributed by atoms with E-state index in [0.29, 0.717) is 11.3 Å². The third kappa shape index (κ3) is 6.92. The molecule has 0 saturated carbocycles. The molecule has 0 aromatic heterocycles. The van der Waals surface area contributed by atoms with Crippen LogP contribution in [0.1, 0.15) is 18.1 Å². The molecule has 4 rings (SSSR count). The first-order valence-corrected chi connectivity index (χ1v) is 12.8. The summed E-state index contributed by atoms with van der Waals surface area (Å²) in [5.74, 6) is 1.47. The molecule has 2 aromatic rings. The number of methoxy groups -OCH3 is 2. The highest BCUT2D eigenvalue weighted by Crippen LogP contribution is 2.30. The maximum absolute atomic E-state index is 10.6. The maximum atomic E-state index is 10.6. The van der Waals surface area contributed by atoms with Crippen molar-refractivity contribution in [3.05, 3.63) is 53.6 Å². The first kappa shape index (κ1) is 30.2. The summed E-state index contributed by atoms with van der Waals surface area (Å²) in [4.78, 5) is 0. The molecule has 2 aromatic carbocycles. The Hall–Kier alpha value is -2.78. The molecule has 2 aliphatic rings. The van der Waals surface area contributed by atoms with Gasteiger partial charge in [-0.15, -0.1) is 0 Å². The number of aliphatic hydroxyl groups excluding tert-OH is 6. The number of aliphatic hydroxyl groups is 6. The van der Waals surface area contributed by atoms with E-state index >= 15 is 0 Å². The molecule has 0 aliphatic carbocycles. The molecule has 2 fully saturated rings. The molecule has 0 spiro atoms. The third-order valence-corrected chi connectivity index (χ3v) is 6.88. The fraction of sp³-hybridized carbons (Fsp3) is 0.500. The second-order valence-electron chi connectivity index (χ2n) is 9.70. The minimum Gasteiger partial charge on any atom is -0.497 e. The predicted molar refractivity (Wildman–Crippen MR) is 141 cm³/mol. The number of benzene rings is 2. The zero-order valence-electron chi connectivity index (χ0n) is 22.3. The van der Waals surface area contributed by atoms with E-state index in [1.165, 1.54) is 14.0 Å². The van der Waals surface area contributed by atoms with Gasteiger partial charge < -0.3 is 59.1 Å². The standard InChI is InChI=1S/C28H36O12/c1-14-21(29)23(31)25(33)27(38-14)37-13-20-22(30)24(32)26(34)28(40-20)39-19-11-16(10-18(12-19)36-3)5-4-15-6-8-17(35-2)9-7-15/h4-12,14,20-34H,13H2,1-3H3/t14-,20+,21-,22+,23+,24-,25+,26+,27+,28+/m0/s1. The quantitative estimate of drug-likeness (QED) is 0.223. The van der Waals surface area contributed by atoms with Gasteiger partial charge in [-0.1, -0.05) is 24.3 Å². The molecule has 0 radical (unpaired) electrons. The molecule has 2 aliphatic heterocycles. The normalized spacial score (nSPS) is 34.5. The molecule has 0 unspecified atom stereocenters. The monoisotopic (exact) mass is 564 g/mol. The number of hydrogen-bond donors (Lipinski definition) is 6. The average Bonchev–Trinajstić information content (AvgIpc) is 2.97. The Balaban J connectivity index is 1.45. The summed E-state index contributed by atoms with van der Waals surface area (Å²) in [6.45, 7) is 1.11. The minimum atomic E-state index is -1.64. The van der Waals surface area contributed by atoms with Crippen molar-refractivity contribution in [2.24, 2.45) is 0 Å². The second-order valence-corrected chi connectivity index (χ2v) is 9.70. The van der Waals surface area contributed by atoms with Gasteiger partial charge in [-0.3, -0.25) is 0 Å². The summed E-state index contributed by atoms with van der Waals surface area (Å²) in [6.07, 6.45) is -10.2. The third-order valence-electron chi connectivity index (χ3n) is 6.88. The topological polar surface area (TPSA) is 177 Å². The molecule has 6 N–H and O–H groups in total. The average molecular weight is 565 g/mol. The lowest BCUT2D eigenvalue weighted by atomic mass is 9.98. The summed E-state index contributed by atoms with van der Waals surface area (Å²) in [5, 5.41) is 61.5. The Labute approximate surface area is 231 Å². The van der Waals surface area contributed by atoms with Crippen molar-refractivity contribution in [1.29, 1.82) is 0 Å². The lowest BCUT2D eigenvalue weighted by Crippen LogP contribution is -2.61. The van der Waals surface area contributed by atoms with Crippen LogP contribution in [-0.2, 0) is 14.2 Å². The van der Waals surface area contributed by atoms with Gasteiger partial charge in [0.2, 0.25) is 6.29 Å². The zero-order valence-corrected chi connectivity index (χ0v) is 22.3. The van der Waals surface area contributed by atoms with Crippen LogP contribution >= 0.6 is 0 Å². The van der Waals surface area contributed by atoms with E-state index in [1.807, 2.05) is 36.4 Å². The zero-order chi connectivity index (χ0) is 29.0. The van der Waals surface area contributed by atoms with Crippen molar-refractivity contribution in [2.45, 2.75) is 68.3 Å². The van der Waals surface area contributed by atoms with E-state index in [9.17, 15) is 30.6 Å². The molecule has 40 heavy (non-hydrogen) atoms. The Kier molecular flexibility index (Phi) is 10.0. The van der Waals surface area contributed by atoms with E-state index in [2.05, 4.69) is 0 Å². The van der Waals surface area contributed by atoms with Gasteiger partial charge in [0, 0.05) is 6.07 Å². The SMILES string of the molecule is COc1ccc(C=Cc2cc(OC)cc(O[C@@H]3O[C@H](CO[C@@H]4O[C@@H](C)[C@H](O)[C@@H](O)[C@H]4O)[C@@H](O)[C@H](O)[C@H]3O)c2)cc1. The molecule has 220 valence electrons. The van der Waals surface area contributed by atoms with Crippen LogP contribution in [0.25, 0.3) is 12.2 Å². The molecular formula is C28H36O12. The van der Waals surface area contributed by atoms with Crippen LogP contribution in [-0.4, -0.2) is 113 Å². The largest absolute Gasteiger partial charge is 0.497 e. The van der Waals surface area contributed by atoms with Crippen LogP contribution in [0.15, 0.2) is 42.5 Å². The van der Waals surface area contributed by atoms with Gasteiger partial charge in [-0.2, -0.15) is 0 Å². The Morgan fingerprint density at radius 2 is 1.25 bits per heavy atom. The van der Waals surface area contributed by atoms with Gasteiger partial charge in [0.15, 0.2) is 6.29 Å². The molecule has 2 saturated heterocycles. The van der Waals surface area contributed by atoms with Gasteiger partial charge in [-0.05, 0) is 42.3 Å². The van der Waals surface area contributed by atoms with Crippen molar-refractivity contribution in [2.75, 3.05) is 20.8 Å². The summed E-state index contributed by atoms with van der Waals surface area (Å²) in [7, 11) is 3.09. The molecule has 2 heterocycles. The lowest BCUT2D eigenvalue weighted by Gasteiger charge is -2.42. The van der Waals surface area contributed by atoms with Crippen molar-refractivity contribution >= 4 is 12.2 Å². The van der Waals surface area contributed by atoms with Crippen LogP contribution in [0.4, 0.5) is 0 Å². The van der Waals surface area contributed by atoms with Gasteiger partial charge >= 0.3 is 0 Å². The molecule has 0 amide bonds. The first-order chi connectivity index (χ1) is 19.1. The summed E-state index contributed by atoms with van der Waals surface area (Å²) < 4.78 is 33.0. The minimum absolute atomic E-state index is 0.262. The molecule has 0 bridgehead atoms. The van der Waals surface area contributed by atoms with Crippen LogP contribution in [0, 0.1) is 0 Å². The maximum Gasteiger partial charge on any atom is 0.229 e. The lowest BCUT2D eigenvalue weighted by molar-refractivity contribution is -0.318. The van der Waals surface area contributed by atoms with Gasteiger partial charge in [0.05, 0.1) is 26.9 Å². The van der Waals surface area contributed by atoms with Crippen molar-refractivity contribution in [3.63, 3.8) is 0 Å². The summed E-state index contributed by atoms with van der Waals surface area (Å²) in [5.41, 5.74) is 1.65. The Bertz CT molecular complexity index is 1120. The van der Waals surface area contributed by atoms with Gasteiger partial charge in [0.25, 0.3) is 0 Å². The van der Waals surface area contributed by atoms with Crippen molar-refractivity contribution in [1.82, 2.24) is 0 Å². The number of hydrogen-bond acceptors (Lipinski definition) is 12. The fourth-order valence-corrected chi connectivity index (χ4v) is 4.41. The molecular weight excluding hydrogens is 528 g/mol. The Morgan fingerprint density at radius 1 is 0.650 bits per heavy atom. The van der Waals surface area contributed by atoms with E-state index in [0.717, 1.165) is 11.3 Å². The number of rotatable bonds is 9. The number of ether oxygens (including phenoxy) is 6. The predicted octanol–water partition coefficient (Wildman–Crippen LogP) is -0.0953. The van der Waals surface area contributed by atoms with Crippen molar-refractivity contribution < 1.29 is 59.1 Å². The second kappa shape index (κ2) is 13.3. The van der Waals surface area contributed by atoms with Gasteiger partial charge in [-0.25, -0.2) is 0 Å². The van der Waals surface area contributed by atoms with Crippen LogP contribution in [0.2, 0.25) is 0 Å². The Morgan fingerprint density at radius 3 is 1.93 bits per heavy atom. The highest BCUT2D eigenvalue weighted by Gasteiger charge is 2.47. The van der Waals surface area contributed by atoms with E-state index in [4.69, 9.17) is 28.4 Å². The summed E-state index contributed by atoms with van der Waals surface area (Å²) >= 11 is 0. The smallest absolute Gasteiger partial charge is 0.229 e. The summed E-state index contributed by atoms with van der Waals surface area (Å²) in [6, 6.07) is 12.5. The van der Waals surface area contributed by atoms with E-state index < -0.39 is 68.0 Å². The van der Waals surface area contributed by atoms with Crippen molar-refractivity contribution in [3.8, 4) is 17.2 Å². The van der Waals surface area contributed by atoms with Crippen LogP contribution < -0.4 is 14.2 Å². The molecule has 10 atom stereocenters. The van der Waals surface area contributed by atoms with E-state index in [1.54, 1.807) is 25.3 Å². The highest BCUT2D eigenvalue weighted by atomic mass is 16.7. The fourth-order valence-electron chi connectivity index (χ4n) is 4.41. The molecule has 12 nitrogen and oxygen atoms in total. The molecule has 12 heteroatoms. The van der Waals surface area contributed by atoms with Crippen LogP contribution in [0.5, 0.6) is 17.2 Å². The van der Waals surface area contributed by atoms with Crippen LogP contribution in [0.3, 0.4) is 0 Å². The van der Waals surface area contributed by atoms with E-state index in [-0.39, 0.29) is 5.75 Å². The first-order valence-electron chi connectivity index (χ1n) is 12.8.